The molecule has 0 spiro atoms. The highest BCUT2D eigenvalue weighted by molar-refractivity contribution is 6.76. The molecule has 0 saturated heterocycles. The smallest absolute Gasteiger partial charge is 0.276 e. The molecule has 19 heavy (non-hydrogen) atoms. The van der Waals surface area contributed by atoms with Crippen LogP contribution in [-0.2, 0) is 11.5 Å². The molecule has 0 saturated carbocycles. The summed E-state index contributed by atoms with van der Waals surface area (Å²) in [5, 5.41) is 5.17. The molecule has 0 aliphatic heterocycles. The Morgan fingerprint density at radius 1 is 1.42 bits per heavy atom. The standard InChI is InChI=1S/C14H20N2O2Si/c1-19(2,3)9-8-18-11-16-14(17)13-7-5-4-6-12(13)10-15-16/h4-7,10H,8-9,11H2,1-3H3/i6D. The first-order chi connectivity index (χ1) is 9.38. The number of fused-ring (bicyclic) bond motifs is 1. The molecule has 2 aromatic rings. The van der Waals surface area contributed by atoms with Crippen LogP contribution in [0.4, 0.5) is 0 Å². The summed E-state index contributed by atoms with van der Waals surface area (Å²) in [5.74, 6) is 0. The van der Waals surface area contributed by atoms with Gasteiger partial charge in [-0.1, -0.05) is 37.8 Å². The topological polar surface area (TPSA) is 44.1 Å². The Morgan fingerprint density at radius 2 is 2.21 bits per heavy atom. The number of hydrogen-bond donors (Lipinski definition) is 0. The van der Waals surface area contributed by atoms with Crippen LogP contribution >= 0.6 is 0 Å². The van der Waals surface area contributed by atoms with E-state index in [0.29, 0.717) is 23.4 Å². The zero-order valence-corrected chi connectivity index (χ0v) is 12.6. The molecule has 1 aromatic heterocycles. The molecule has 0 unspecified atom stereocenters. The van der Waals surface area contributed by atoms with Crippen LogP contribution in [0.1, 0.15) is 1.37 Å². The lowest BCUT2D eigenvalue weighted by Gasteiger charge is -2.15. The van der Waals surface area contributed by atoms with Gasteiger partial charge in [-0.15, -0.1) is 0 Å². The van der Waals surface area contributed by atoms with Crippen molar-refractivity contribution in [2.24, 2.45) is 0 Å². The lowest BCUT2D eigenvalue weighted by Crippen LogP contribution is -2.26. The lowest BCUT2D eigenvalue weighted by molar-refractivity contribution is 0.0754. The third-order valence-corrected chi connectivity index (χ3v) is 4.59. The van der Waals surface area contributed by atoms with Gasteiger partial charge in [0, 0.05) is 20.1 Å². The number of aromatic nitrogens is 2. The van der Waals surface area contributed by atoms with E-state index in [1.54, 1.807) is 24.4 Å². The molecule has 0 atom stereocenters. The molecule has 4 nitrogen and oxygen atoms in total. The Morgan fingerprint density at radius 3 is 2.95 bits per heavy atom. The second-order valence-corrected chi connectivity index (χ2v) is 11.4. The number of rotatable bonds is 5. The van der Waals surface area contributed by atoms with Crippen LogP contribution < -0.4 is 5.56 Å². The molecule has 2 rings (SSSR count). The molecule has 0 aliphatic carbocycles. The quantitative estimate of drug-likeness (QED) is 0.623. The van der Waals surface area contributed by atoms with Gasteiger partial charge in [0.25, 0.3) is 5.56 Å². The van der Waals surface area contributed by atoms with Gasteiger partial charge < -0.3 is 4.74 Å². The second kappa shape index (κ2) is 5.67. The van der Waals surface area contributed by atoms with Crippen molar-refractivity contribution in [3.63, 3.8) is 0 Å². The normalized spacial score (nSPS) is 12.7. The largest absolute Gasteiger partial charge is 0.359 e. The summed E-state index contributed by atoms with van der Waals surface area (Å²) < 4.78 is 14.6. The van der Waals surface area contributed by atoms with Crippen LogP contribution in [0.2, 0.25) is 25.7 Å². The van der Waals surface area contributed by atoms with Crippen LogP contribution in [0.5, 0.6) is 0 Å². The number of nitrogens with zero attached hydrogens (tertiary/aromatic N) is 2. The number of hydrogen-bond acceptors (Lipinski definition) is 3. The molecule has 0 bridgehead atoms. The highest BCUT2D eigenvalue weighted by atomic mass is 28.3. The number of benzene rings is 1. The van der Waals surface area contributed by atoms with Gasteiger partial charge in [0.2, 0.25) is 0 Å². The maximum absolute atomic E-state index is 12.2. The van der Waals surface area contributed by atoms with Crippen molar-refractivity contribution >= 4 is 18.8 Å². The van der Waals surface area contributed by atoms with Gasteiger partial charge in [-0.2, -0.15) is 5.10 Å². The fourth-order valence-corrected chi connectivity index (χ4v) is 2.44. The van der Waals surface area contributed by atoms with Crippen molar-refractivity contribution in [1.82, 2.24) is 9.78 Å². The molecular weight excluding hydrogens is 256 g/mol. The summed E-state index contributed by atoms with van der Waals surface area (Å²) in [6.07, 6.45) is 1.56. The molecule has 0 fully saturated rings. The fourth-order valence-electron chi connectivity index (χ4n) is 1.68. The molecule has 1 aromatic carbocycles. The molecule has 5 heteroatoms. The highest BCUT2D eigenvalue weighted by Crippen LogP contribution is 2.08. The van der Waals surface area contributed by atoms with Crippen LogP contribution in [0.15, 0.2) is 35.2 Å². The Hall–Kier alpha value is -1.46. The molecule has 1 heterocycles. The van der Waals surface area contributed by atoms with E-state index in [0.717, 1.165) is 6.04 Å². The first kappa shape index (κ1) is 12.6. The Labute approximate surface area is 115 Å². The van der Waals surface area contributed by atoms with Gasteiger partial charge in [0.15, 0.2) is 0 Å². The summed E-state index contributed by atoms with van der Waals surface area (Å²) in [6.45, 7) is 7.67. The summed E-state index contributed by atoms with van der Waals surface area (Å²) in [4.78, 5) is 12.2. The van der Waals surface area contributed by atoms with E-state index in [1.165, 1.54) is 4.68 Å². The predicted molar refractivity (Wildman–Crippen MR) is 80.1 cm³/mol. The minimum Gasteiger partial charge on any atom is -0.359 e. The van der Waals surface area contributed by atoms with E-state index in [4.69, 9.17) is 6.11 Å². The van der Waals surface area contributed by atoms with Crippen molar-refractivity contribution in [3.05, 3.63) is 40.8 Å². The maximum Gasteiger partial charge on any atom is 0.276 e. The van der Waals surface area contributed by atoms with E-state index in [9.17, 15) is 4.79 Å². The van der Waals surface area contributed by atoms with Crippen LogP contribution in [0.3, 0.4) is 0 Å². The minimum atomic E-state index is -1.12. The van der Waals surface area contributed by atoms with Crippen LogP contribution in [0, 0.1) is 0 Å². The lowest BCUT2D eigenvalue weighted by atomic mass is 10.2. The zero-order chi connectivity index (χ0) is 14.8. The van der Waals surface area contributed by atoms with Crippen molar-refractivity contribution in [2.75, 3.05) is 6.61 Å². The van der Waals surface area contributed by atoms with Crippen molar-refractivity contribution in [1.29, 1.82) is 0 Å². The summed E-state index contributed by atoms with van der Waals surface area (Å²) in [6, 6.07) is 6.46. The van der Waals surface area contributed by atoms with E-state index >= 15 is 0 Å². The Balaban J connectivity index is 2.12. The van der Waals surface area contributed by atoms with Gasteiger partial charge >= 0.3 is 0 Å². The van der Waals surface area contributed by atoms with Gasteiger partial charge in [0.05, 0.1) is 13.0 Å². The van der Waals surface area contributed by atoms with Crippen molar-refractivity contribution < 1.29 is 6.11 Å². The molecule has 0 amide bonds. The monoisotopic (exact) mass is 277 g/mol. The molecule has 102 valence electrons. The number of ether oxygens (including phenoxy) is 1. The fraction of sp³-hybridized carbons (Fsp3) is 0.429. The van der Waals surface area contributed by atoms with Crippen LogP contribution in [0.25, 0.3) is 10.8 Å². The van der Waals surface area contributed by atoms with Crippen LogP contribution in [-0.4, -0.2) is 24.5 Å². The third kappa shape index (κ3) is 3.75. The first-order valence-corrected chi connectivity index (χ1v) is 10.1. The molecule has 0 N–H and O–H groups in total. The van der Waals surface area contributed by atoms with E-state index in [2.05, 4.69) is 24.7 Å². The maximum atomic E-state index is 12.2. The Kier molecular flexibility index (Phi) is 3.75. The van der Waals surface area contributed by atoms with Gasteiger partial charge in [-0.3, -0.25) is 4.79 Å². The average Bonchev–Trinajstić information content (AvgIpc) is 2.36. The Bertz CT molecular complexity index is 664. The predicted octanol–water partition coefficient (Wildman–Crippen LogP) is 2.71. The van der Waals surface area contributed by atoms with Gasteiger partial charge in [-0.05, 0) is 12.1 Å². The van der Waals surface area contributed by atoms with E-state index < -0.39 is 8.07 Å². The molecule has 0 aliphatic rings. The summed E-state index contributed by atoms with van der Waals surface area (Å²) >= 11 is 0. The molecule has 0 radical (unpaired) electrons. The zero-order valence-electron chi connectivity index (χ0n) is 12.6. The van der Waals surface area contributed by atoms with Crippen molar-refractivity contribution in [3.8, 4) is 0 Å². The van der Waals surface area contributed by atoms with Crippen molar-refractivity contribution in [2.45, 2.75) is 32.4 Å². The first-order valence-electron chi connectivity index (χ1n) is 6.92. The minimum absolute atomic E-state index is 0.168. The summed E-state index contributed by atoms with van der Waals surface area (Å²) in [7, 11) is -1.12. The third-order valence-electron chi connectivity index (χ3n) is 2.89. The average molecular weight is 277 g/mol. The second-order valence-electron chi connectivity index (χ2n) is 5.79. The summed E-state index contributed by atoms with van der Waals surface area (Å²) in [5.41, 5.74) is -0.204. The molecular formula is C14H20N2O2Si. The SMILES string of the molecule is [2H]c1cccc2c(=O)n(COCC[Si](C)(C)C)ncc12. The van der Waals surface area contributed by atoms with E-state index in [-0.39, 0.29) is 12.3 Å². The highest BCUT2D eigenvalue weighted by Gasteiger charge is 2.12. The van der Waals surface area contributed by atoms with Gasteiger partial charge in [-0.25, -0.2) is 4.68 Å². The van der Waals surface area contributed by atoms with E-state index in [1.807, 2.05) is 0 Å². The van der Waals surface area contributed by atoms with Gasteiger partial charge in [0.1, 0.15) is 6.73 Å².